The van der Waals surface area contributed by atoms with Crippen molar-refractivity contribution >= 4 is 12.2 Å². The van der Waals surface area contributed by atoms with Gasteiger partial charge in [-0.15, -0.1) is 0 Å². The van der Waals surface area contributed by atoms with Crippen LogP contribution in [-0.2, 0) is 0 Å². The van der Waals surface area contributed by atoms with Gasteiger partial charge in [0.2, 0.25) is 0 Å². The summed E-state index contributed by atoms with van der Waals surface area (Å²) in [5, 5.41) is 0. The molecular weight excluding hydrogens is 184 g/mol. The van der Waals surface area contributed by atoms with E-state index in [0.717, 1.165) is 16.9 Å². The third kappa shape index (κ3) is 2.98. The van der Waals surface area contributed by atoms with Gasteiger partial charge in [-0.2, -0.15) is 0 Å². The molecule has 0 fully saturated rings. The molecule has 0 radical (unpaired) electrons. The van der Waals surface area contributed by atoms with Gasteiger partial charge >= 0.3 is 0 Å². The van der Waals surface area contributed by atoms with E-state index >= 15 is 0 Å². The van der Waals surface area contributed by atoms with E-state index in [-0.39, 0.29) is 0 Å². The quantitative estimate of drug-likeness (QED) is 0.712. The fourth-order valence-electron chi connectivity index (χ4n) is 1.51. The van der Waals surface area contributed by atoms with E-state index < -0.39 is 0 Å². The molecule has 1 nitrogen and oxygen atoms in total. The fraction of sp³-hybridized carbons (Fsp3) is 0.286. The van der Waals surface area contributed by atoms with Crippen molar-refractivity contribution in [3.8, 4) is 5.75 Å². The number of hydrogen-bond donors (Lipinski definition) is 0. The molecule has 1 heteroatoms. The summed E-state index contributed by atoms with van der Waals surface area (Å²) in [6.45, 7) is 6.72. The van der Waals surface area contributed by atoms with Crippen molar-refractivity contribution in [2.45, 2.75) is 20.8 Å². The maximum atomic E-state index is 5.67. The van der Waals surface area contributed by atoms with Crippen LogP contribution in [0.5, 0.6) is 5.75 Å². The van der Waals surface area contributed by atoms with E-state index in [1.807, 2.05) is 39.0 Å². The first-order valence-electron chi connectivity index (χ1n) is 5.34. The molecule has 0 spiro atoms. The lowest BCUT2D eigenvalue weighted by atomic mass is 10.1. The topological polar surface area (TPSA) is 9.23 Å². The van der Waals surface area contributed by atoms with Crippen molar-refractivity contribution < 1.29 is 4.74 Å². The Hall–Kier alpha value is -1.50. The molecule has 1 rings (SSSR count). The lowest BCUT2D eigenvalue weighted by molar-refractivity contribution is 0.339. The van der Waals surface area contributed by atoms with E-state index in [9.17, 15) is 0 Å². The van der Waals surface area contributed by atoms with Gasteiger partial charge < -0.3 is 4.74 Å². The zero-order valence-electron chi connectivity index (χ0n) is 9.66. The van der Waals surface area contributed by atoms with Gasteiger partial charge in [-0.25, -0.2) is 0 Å². The van der Waals surface area contributed by atoms with Crippen LogP contribution in [0.3, 0.4) is 0 Å². The number of hydrogen-bond acceptors (Lipinski definition) is 1. The third-order valence-electron chi connectivity index (χ3n) is 2.06. The van der Waals surface area contributed by atoms with Crippen molar-refractivity contribution in [1.29, 1.82) is 0 Å². The highest BCUT2D eigenvalue weighted by atomic mass is 16.5. The Morgan fingerprint density at radius 1 is 1.07 bits per heavy atom. The molecule has 0 N–H and O–H groups in total. The van der Waals surface area contributed by atoms with Crippen LogP contribution in [0, 0.1) is 0 Å². The van der Waals surface area contributed by atoms with Crippen LogP contribution in [0.4, 0.5) is 0 Å². The predicted molar refractivity (Wildman–Crippen MR) is 67.0 cm³/mol. The molecule has 1 aromatic carbocycles. The number of allylic oxidation sites excluding steroid dienone is 2. The van der Waals surface area contributed by atoms with Gasteiger partial charge in [0.15, 0.2) is 0 Å². The lowest BCUT2D eigenvalue weighted by Gasteiger charge is -2.10. The standard InChI is InChI=1S/C14H18O/c1-4-8-12-10-7-11-13(9-5-2)14(12)15-6-3/h4-5,7-11H,6H2,1-3H3/b8-4-,9-5-. The van der Waals surface area contributed by atoms with E-state index in [2.05, 4.69) is 24.3 Å². The van der Waals surface area contributed by atoms with E-state index in [1.54, 1.807) is 0 Å². The molecule has 0 aliphatic rings. The second-order valence-corrected chi connectivity index (χ2v) is 3.20. The maximum absolute atomic E-state index is 5.67. The van der Waals surface area contributed by atoms with Crippen molar-refractivity contribution in [3.63, 3.8) is 0 Å². The zero-order chi connectivity index (χ0) is 11.1. The molecule has 0 bridgehead atoms. The average Bonchev–Trinajstić information content (AvgIpc) is 2.23. The minimum atomic E-state index is 0.694. The minimum absolute atomic E-state index is 0.694. The predicted octanol–water partition coefficient (Wildman–Crippen LogP) is 4.15. The van der Waals surface area contributed by atoms with Gasteiger partial charge in [-0.1, -0.05) is 42.5 Å². The molecule has 0 amide bonds. The van der Waals surface area contributed by atoms with Crippen LogP contribution in [0.2, 0.25) is 0 Å². The van der Waals surface area contributed by atoms with Crippen molar-refractivity contribution in [3.05, 3.63) is 41.5 Å². The summed E-state index contributed by atoms with van der Waals surface area (Å²) in [5.74, 6) is 0.969. The molecular formula is C14H18O. The monoisotopic (exact) mass is 202 g/mol. The fourth-order valence-corrected chi connectivity index (χ4v) is 1.51. The zero-order valence-corrected chi connectivity index (χ0v) is 9.66. The van der Waals surface area contributed by atoms with Crippen LogP contribution in [0.1, 0.15) is 31.9 Å². The Bertz CT molecular complexity index is 331. The summed E-state index contributed by atoms with van der Waals surface area (Å²) in [5.41, 5.74) is 2.27. The summed E-state index contributed by atoms with van der Waals surface area (Å²) in [7, 11) is 0. The third-order valence-corrected chi connectivity index (χ3v) is 2.06. The lowest BCUT2D eigenvalue weighted by Crippen LogP contribution is -1.96. The van der Waals surface area contributed by atoms with Crippen molar-refractivity contribution in [1.82, 2.24) is 0 Å². The Labute approximate surface area is 92.1 Å². The summed E-state index contributed by atoms with van der Waals surface area (Å²) in [6.07, 6.45) is 8.19. The van der Waals surface area contributed by atoms with E-state index in [0.29, 0.717) is 6.61 Å². The number of ether oxygens (including phenoxy) is 1. The summed E-state index contributed by atoms with van der Waals surface area (Å²) < 4.78 is 5.67. The Kier molecular flexibility index (Phi) is 4.69. The van der Waals surface area contributed by atoms with Crippen molar-refractivity contribution in [2.24, 2.45) is 0 Å². The molecule has 80 valence electrons. The highest BCUT2D eigenvalue weighted by molar-refractivity contribution is 5.67. The first-order valence-corrected chi connectivity index (χ1v) is 5.34. The molecule has 0 aliphatic heterocycles. The van der Waals surface area contributed by atoms with Gasteiger partial charge in [0.25, 0.3) is 0 Å². The van der Waals surface area contributed by atoms with Crippen LogP contribution >= 0.6 is 0 Å². The van der Waals surface area contributed by atoms with Gasteiger partial charge in [0.1, 0.15) is 5.75 Å². The van der Waals surface area contributed by atoms with Gasteiger partial charge in [0, 0.05) is 11.1 Å². The second-order valence-electron chi connectivity index (χ2n) is 3.20. The van der Waals surface area contributed by atoms with Gasteiger partial charge in [-0.05, 0) is 20.8 Å². The first kappa shape index (κ1) is 11.6. The van der Waals surface area contributed by atoms with Crippen LogP contribution < -0.4 is 4.74 Å². The van der Waals surface area contributed by atoms with Crippen LogP contribution in [0.25, 0.3) is 12.2 Å². The molecule has 0 atom stereocenters. The number of para-hydroxylation sites is 1. The highest BCUT2D eigenvalue weighted by Gasteiger charge is 2.04. The van der Waals surface area contributed by atoms with Crippen LogP contribution in [-0.4, -0.2) is 6.61 Å². The Morgan fingerprint density at radius 3 is 2.00 bits per heavy atom. The van der Waals surface area contributed by atoms with Crippen LogP contribution in [0.15, 0.2) is 30.4 Å². The second kappa shape index (κ2) is 6.07. The summed E-state index contributed by atoms with van der Waals surface area (Å²) >= 11 is 0. The van der Waals surface area contributed by atoms with Crippen molar-refractivity contribution in [2.75, 3.05) is 6.61 Å². The Balaban J connectivity index is 3.20. The van der Waals surface area contributed by atoms with E-state index in [4.69, 9.17) is 4.74 Å². The molecule has 0 aliphatic carbocycles. The highest BCUT2D eigenvalue weighted by Crippen LogP contribution is 2.26. The van der Waals surface area contributed by atoms with Gasteiger partial charge in [-0.3, -0.25) is 0 Å². The SMILES string of the molecule is C/C=C\c1cccc(/C=C\C)c1OCC. The minimum Gasteiger partial charge on any atom is -0.493 e. The normalized spacial score (nSPS) is 11.4. The molecule has 0 unspecified atom stereocenters. The molecule has 0 aromatic heterocycles. The van der Waals surface area contributed by atoms with E-state index in [1.165, 1.54) is 0 Å². The molecule has 15 heavy (non-hydrogen) atoms. The summed E-state index contributed by atoms with van der Waals surface area (Å²) in [6, 6.07) is 6.18. The Morgan fingerprint density at radius 2 is 1.60 bits per heavy atom. The number of benzene rings is 1. The number of rotatable bonds is 4. The molecule has 0 saturated heterocycles. The van der Waals surface area contributed by atoms with Gasteiger partial charge in [0.05, 0.1) is 6.61 Å². The maximum Gasteiger partial charge on any atom is 0.133 e. The molecule has 0 saturated carbocycles. The largest absolute Gasteiger partial charge is 0.493 e. The molecule has 1 aromatic rings. The first-order chi connectivity index (χ1) is 7.33. The average molecular weight is 202 g/mol. The smallest absolute Gasteiger partial charge is 0.133 e. The summed E-state index contributed by atoms with van der Waals surface area (Å²) in [4.78, 5) is 0. The molecule has 0 heterocycles.